The maximum atomic E-state index is 11.1. The number of nitrogens with two attached hydrogens (primary N) is 1. The van der Waals surface area contributed by atoms with Gasteiger partial charge in [0.2, 0.25) is 5.91 Å². The van der Waals surface area contributed by atoms with E-state index in [0.29, 0.717) is 5.69 Å². The summed E-state index contributed by atoms with van der Waals surface area (Å²) in [5.74, 6) is -0.323. The summed E-state index contributed by atoms with van der Waals surface area (Å²) in [4.78, 5) is 23.6. The summed E-state index contributed by atoms with van der Waals surface area (Å²) in [7, 11) is 0. The van der Waals surface area contributed by atoms with E-state index in [4.69, 9.17) is 5.73 Å². The Hall–Kier alpha value is -2.15. The number of nitrogens with one attached hydrogen (secondary N) is 1. The van der Waals surface area contributed by atoms with Crippen molar-refractivity contribution in [1.82, 2.24) is 4.90 Å². The van der Waals surface area contributed by atoms with Gasteiger partial charge in [0.15, 0.2) is 0 Å². The zero-order valence-electron chi connectivity index (χ0n) is 12.0. The molecule has 7 heteroatoms. The van der Waals surface area contributed by atoms with Gasteiger partial charge >= 0.3 is 0 Å². The van der Waals surface area contributed by atoms with E-state index in [1.54, 1.807) is 6.07 Å². The maximum Gasteiger partial charge on any atom is 0.292 e. The summed E-state index contributed by atoms with van der Waals surface area (Å²) in [6, 6.07) is 5.23. The van der Waals surface area contributed by atoms with Crippen LogP contribution in [0.15, 0.2) is 18.2 Å². The molecule has 7 nitrogen and oxygen atoms in total. The first-order chi connectivity index (χ1) is 9.97. The number of nitrogens with zero attached hydrogens (tertiary/aromatic N) is 2. The number of likely N-dealkylation sites (tertiary alicyclic amines) is 1. The van der Waals surface area contributed by atoms with Crippen LogP contribution in [0.3, 0.4) is 0 Å². The van der Waals surface area contributed by atoms with Gasteiger partial charge in [-0.2, -0.15) is 0 Å². The van der Waals surface area contributed by atoms with Crippen LogP contribution in [0, 0.1) is 17.0 Å². The molecule has 0 bridgehead atoms. The molecule has 1 amide bonds. The molecule has 0 radical (unpaired) electrons. The van der Waals surface area contributed by atoms with Gasteiger partial charge in [-0.25, -0.2) is 0 Å². The number of hydrogen-bond donors (Lipinski definition) is 2. The van der Waals surface area contributed by atoms with E-state index < -0.39 is 0 Å². The minimum absolute atomic E-state index is 0.106. The molecule has 1 aliphatic heterocycles. The van der Waals surface area contributed by atoms with E-state index in [0.717, 1.165) is 31.5 Å². The van der Waals surface area contributed by atoms with Crippen molar-refractivity contribution in [1.29, 1.82) is 0 Å². The fourth-order valence-corrected chi connectivity index (χ4v) is 2.65. The number of benzene rings is 1. The zero-order chi connectivity index (χ0) is 15.4. The van der Waals surface area contributed by atoms with E-state index in [1.165, 1.54) is 6.07 Å². The highest BCUT2D eigenvalue weighted by molar-refractivity contribution is 5.75. The number of amides is 1. The van der Waals surface area contributed by atoms with Gasteiger partial charge < -0.3 is 11.1 Å². The minimum Gasteiger partial charge on any atom is -0.376 e. The molecule has 114 valence electrons. The Morgan fingerprint density at radius 1 is 1.48 bits per heavy atom. The third kappa shape index (κ3) is 3.91. The van der Waals surface area contributed by atoms with E-state index in [2.05, 4.69) is 5.32 Å². The summed E-state index contributed by atoms with van der Waals surface area (Å²) in [5.41, 5.74) is 6.75. The van der Waals surface area contributed by atoms with Crippen LogP contribution in [0.1, 0.15) is 18.4 Å². The molecule has 1 aromatic carbocycles. The fourth-order valence-electron chi connectivity index (χ4n) is 2.65. The van der Waals surface area contributed by atoms with Crippen molar-refractivity contribution in [2.75, 3.05) is 25.0 Å². The SMILES string of the molecule is Cc1cccc([N+](=O)[O-])c1NC1CCN(CC(N)=O)CC1. The first-order valence-corrected chi connectivity index (χ1v) is 6.98. The number of hydrogen-bond acceptors (Lipinski definition) is 5. The van der Waals surface area contributed by atoms with Crippen molar-refractivity contribution in [2.45, 2.75) is 25.8 Å². The number of para-hydroxylation sites is 1. The summed E-state index contributed by atoms with van der Waals surface area (Å²) < 4.78 is 0. The number of piperidine rings is 1. The molecule has 1 saturated heterocycles. The Balaban J connectivity index is 2.01. The lowest BCUT2D eigenvalue weighted by molar-refractivity contribution is -0.384. The molecule has 1 heterocycles. The number of nitro benzene ring substituents is 1. The van der Waals surface area contributed by atoms with Crippen LogP contribution in [0.4, 0.5) is 11.4 Å². The Bertz CT molecular complexity index is 539. The first-order valence-electron chi connectivity index (χ1n) is 6.98. The Labute approximate surface area is 123 Å². The zero-order valence-corrected chi connectivity index (χ0v) is 12.0. The van der Waals surface area contributed by atoms with Gasteiger partial charge in [0.05, 0.1) is 11.5 Å². The molecular formula is C14H20N4O3. The summed E-state index contributed by atoms with van der Waals surface area (Å²) in [6.07, 6.45) is 1.66. The molecule has 1 aromatic rings. The number of anilines is 1. The highest BCUT2D eigenvalue weighted by atomic mass is 16.6. The predicted molar refractivity (Wildman–Crippen MR) is 80.1 cm³/mol. The number of rotatable bonds is 5. The highest BCUT2D eigenvalue weighted by Gasteiger charge is 2.23. The third-order valence-electron chi connectivity index (χ3n) is 3.76. The molecular weight excluding hydrogens is 272 g/mol. The van der Waals surface area contributed by atoms with Gasteiger partial charge in [0, 0.05) is 25.2 Å². The van der Waals surface area contributed by atoms with Gasteiger partial charge in [-0.3, -0.25) is 19.8 Å². The van der Waals surface area contributed by atoms with Gasteiger partial charge in [-0.15, -0.1) is 0 Å². The Kier molecular flexibility index (Phi) is 4.74. The smallest absolute Gasteiger partial charge is 0.292 e. The van der Waals surface area contributed by atoms with E-state index in [9.17, 15) is 14.9 Å². The Morgan fingerprint density at radius 3 is 2.71 bits per heavy atom. The van der Waals surface area contributed by atoms with Crippen molar-refractivity contribution >= 4 is 17.3 Å². The normalized spacial score (nSPS) is 16.6. The average molecular weight is 292 g/mol. The quantitative estimate of drug-likeness (QED) is 0.628. The summed E-state index contributed by atoms with van der Waals surface area (Å²) in [5, 5.41) is 14.4. The van der Waals surface area contributed by atoms with Crippen LogP contribution < -0.4 is 11.1 Å². The Morgan fingerprint density at radius 2 is 2.14 bits per heavy atom. The van der Waals surface area contributed by atoms with Crippen molar-refractivity contribution in [3.8, 4) is 0 Å². The van der Waals surface area contributed by atoms with Gasteiger partial charge in [0.1, 0.15) is 5.69 Å². The second-order valence-corrected chi connectivity index (χ2v) is 5.39. The molecule has 3 N–H and O–H groups in total. The minimum atomic E-state index is -0.364. The second-order valence-electron chi connectivity index (χ2n) is 5.39. The number of primary amides is 1. The van der Waals surface area contributed by atoms with Crippen molar-refractivity contribution in [3.05, 3.63) is 33.9 Å². The van der Waals surface area contributed by atoms with Gasteiger partial charge in [-0.1, -0.05) is 12.1 Å². The molecule has 2 rings (SSSR count). The van der Waals surface area contributed by atoms with Crippen LogP contribution in [-0.2, 0) is 4.79 Å². The number of carbonyl (C=O) groups is 1. The average Bonchev–Trinajstić information content (AvgIpc) is 2.42. The van der Waals surface area contributed by atoms with Crippen LogP contribution in [-0.4, -0.2) is 41.4 Å². The monoisotopic (exact) mass is 292 g/mol. The highest BCUT2D eigenvalue weighted by Crippen LogP contribution is 2.29. The first kappa shape index (κ1) is 15.2. The number of nitro groups is 1. The number of aryl methyl sites for hydroxylation is 1. The number of carbonyl (C=O) groups excluding carboxylic acids is 1. The molecule has 21 heavy (non-hydrogen) atoms. The summed E-state index contributed by atoms with van der Waals surface area (Å²) in [6.45, 7) is 3.66. The molecule has 0 unspecified atom stereocenters. The van der Waals surface area contributed by atoms with E-state index in [-0.39, 0.29) is 29.1 Å². The van der Waals surface area contributed by atoms with Crippen molar-refractivity contribution in [3.63, 3.8) is 0 Å². The molecule has 0 saturated carbocycles. The van der Waals surface area contributed by atoms with Crippen LogP contribution in [0.5, 0.6) is 0 Å². The van der Waals surface area contributed by atoms with Crippen molar-refractivity contribution in [2.24, 2.45) is 5.73 Å². The van der Waals surface area contributed by atoms with Crippen LogP contribution in [0.2, 0.25) is 0 Å². The lowest BCUT2D eigenvalue weighted by Crippen LogP contribution is -2.43. The maximum absolute atomic E-state index is 11.1. The van der Waals surface area contributed by atoms with Gasteiger partial charge in [0.25, 0.3) is 5.69 Å². The molecule has 0 aromatic heterocycles. The van der Waals surface area contributed by atoms with Gasteiger partial charge in [-0.05, 0) is 25.3 Å². The predicted octanol–water partition coefficient (Wildman–Crippen LogP) is 1.26. The standard InChI is InChI=1S/C14H20N4O3/c1-10-3-2-4-12(18(20)21)14(10)16-11-5-7-17(8-6-11)9-13(15)19/h2-4,11,16H,5-9H2,1H3,(H2,15,19). The fraction of sp³-hybridized carbons (Fsp3) is 0.500. The van der Waals surface area contributed by atoms with E-state index in [1.807, 2.05) is 17.9 Å². The lowest BCUT2D eigenvalue weighted by atomic mass is 10.0. The molecule has 1 aliphatic rings. The largest absolute Gasteiger partial charge is 0.376 e. The molecule has 0 aliphatic carbocycles. The molecule has 0 atom stereocenters. The summed E-state index contributed by atoms with van der Waals surface area (Å²) >= 11 is 0. The van der Waals surface area contributed by atoms with Crippen LogP contribution >= 0.6 is 0 Å². The lowest BCUT2D eigenvalue weighted by Gasteiger charge is -2.32. The van der Waals surface area contributed by atoms with Crippen molar-refractivity contribution < 1.29 is 9.72 Å². The molecule has 1 fully saturated rings. The third-order valence-corrected chi connectivity index (χ3v) is 3.76. The molecule has 0 spiro atoms. The topological polar surface area (TPSA) is 102 Å². The van der Waals surface area contributed by atoms with E-state index >= 15 is 0 Å². The second kappa shape index (κ2) is 6.53. The van der Waals surface area contributed by atoms with Crippen LogP contribution in [0.25, 0.3) is 0 Å².